The van der Waals surface area contributed by atoms with Crippen molar-refractivity contribution in [2.75, 3.05) is 6.61 Å². The van der Waals surface area contributed by atoms with Gasteiger partial charge in [-0.15, -0.1) is 0 Å². The average molecular weight is 310 g/mol. The lowest BCUT2D eigenvalue weighted by atomic mass is 10.0. The molecule has 1 aliphatic rings. The van der Waals surface area contributed by atoms with Gasteiger partial charge in [0.1, 0.15) is 5.75 Å². The number of unbranched alkanes of at least 4 members (excludes halogenated alkanes) is 1. The van der Waals surface area contributed by atoms with Gasteiger partial charge in [0.2, 0.25) is 0 Å². The van der Waals surface area contributed by atoms with Crippen LogP contribution in [-0.4, -0.2) is 17.7 Å². The number of aliphatic carboxylic acids is 1. The highest BCUT2D eigenvalue weighted by atomic mass is 16.5. The highest BCUT2D eigenvalue weighted by Gasteiger charge is 2.08. The molecule has 0 radical (unpaired) electrons. The number of carboxylic acid groups (broad SMARTS) is 1. The second-order valence-corrected chi connectivity index (χ2v) is 4.56. The molecular weight excluding hydrogens is 276 g/mol. The fraction of sp³-hybridized carbons (Fsp3) is 0.632. The Morgan fingerprint density at radius 3 is 2.36 bits per heavy atom. The molecule has 0 saturated carbocycles. The summed E-state index contributed by atoms with van der Waals surface area (Å²) >= 11 is 0. The van der Waals surface area contributed by atoms with Crippen molar-refractivity contribution < 1.29 is 14.6 Å². The molecule has 22 heavy (non-hydrogen) atoms. The number of carboxylic acids is 1. The fourth-order valence-electron chi connectivity index (χ4n) is 1.78. The van der Waals surface area contributed by atoms with E-state index >= 15 is 0 Å². The third-order valence-corrected chi connectivity index (χ3v) is 2.81. The monoisotopic (exact) mass is 310 g/mol. The van der Waals surface area contributed by atoms with Crippen LogP contribution in [0, 0.1) is 6.92 Å². The molecule has 0 fully saturated rings. The Morgan fingerprint density at radius 2 is 1.86 bits per heavy atom. The quantitative estimate of drug-likeness (QED) is 0.786. The summed E-state index contributed by atoms with van der Waals surface area (Å²) in [5.41, 5.74) is 2.65. The average Bonchev–Trinajstić information content (AvgIpc) is 2.57. The van der Waals surface area contributed by atoms with Gasteiger partial charge >= 0.3 is 5.97 Å². The summed E-state index contributed by atoms with van der Waals surface area (Å²) in [5, 5.41) is 8.04. The Bertz CT molecular complexity index is 386. The van der Waals surface area contributed by atoms with Crippen LogP contribution in [0.2, 0.25) is 0 Å². The zero-order valence-corrected chi connectivity index (χ0v) is 15.2. The van der Waals surface area contributed by atoms with Crippen LogP contribution in [-0.2, 0) is 11.2 Å². The second-order valence-electron chi connectivity index (χ2n) is 4.56. The van der Waals surface area contributed by atoms with Crippen LogP contribution in [0.3, 0.4) is 0 Å². The summed E-state index contributed by atoms with van der Waals surface area (Å²) < 4.78 is 5.50. The molecule has 1 aliphatic heterocycles. The van der Waals surface area contributed by atoms with Crippen molar-refractivity contribution in [3.63, 3.8) is 0 Å². The third-order valence-electron chi connectivity index (χ3n) is 2.81. The highest BCUT2D eigenvalue weighted by Crippen LogP contribution is 2.25. The molecule has 0 amide bonds. The van der Waals surface area contributed by atoms with Gasteiger partial charge in [-0.2, -0.15) is 0 Å². The molecule has 0 aliphatic carbocycles. The number of hydrogen-bond donors (Lipinski definition) is 1. The number of benzene rings is 1. The van der Waals surface area contributed by atoms with Crippen LogP contribution in [0.25, 0.3) is 0 Å². The molecule has 1 heterocycles. The lowest BCUT2D eigenvalue weighted by Gasteiger charge is -2.16. The van der Waals surface area contributed by atoms with Crippen LogP contribution >= 0.6 is 0 Å². The number of aryl methyl sites for hydroxylation is 2. The van der Waals surface area contributed by atoms with E-state index in [0.717, 1.165) is 31.6 Å². The summed E-state index contributed by atoms with van der Waals surface area (Å²) in [6.07, 6.45) is 4.42. The minimum atomic E-state index is -0.693. The molecule has 3 nitrogen and oxygen atoms in total. The molecular formula is C19H34O3. The fourth-order valence-corrected chi connectivity index (χ4v) is 1.78. The van der Waals surface area contributed by atoms with Gasteiger partial charge < -0.3 is 9.84 Å². The van der Waals surface area contributed by atoms with Crippen LogP contribution < -0.4 is 4.74 Å². The zero-order chi connectivity index (χ0) is 17.4. The molecule has 3 heteroatoms. The van der Waals surface area contributed by atoms with E-state index in [9.17, 15) is 4.79 Å². The van der Waals surface area contributed by atoms with Crippen molar-refractivity contribution >= 4 is 5.97 Å². The minimum absolute atomic E-state index is 0.316. The van der Waals surface area contributed by atoms with Gasteiger partial charge in [-0.05, 0) is 43.4 Å². The van der Waals surface area contributed by atoms with E-state index in [1.807, 2.05) is 34.6 Å². The van der Waals surface area contributed by atoms with Crippen LogP contribution in [0.1, 0.15) is 71.4 Å². The standard InChI is InChI=1S/C10H12O.C5H10O2.2C2H6/c1-8-4-5-9-3-2-6-11-10(9)7-8;1-2-3-4-5(6)7;2*1-2/h4-5,7H,2-3,6H2,1H3;2-4H2,1H3,(H,6,7);2*1-2H3. The Labute approximate surface area is 136 Å². The Balaban J connectivity index is 0. The first-order chi connectivity index (χ1) is 10.6. The number of hydrogen-bond acceptors (Lipinski definition) is 2. The van der Waals surface area contributed by atoms with Crippen molar-refractivity contribution in [2.45, 2.75) is 73.6 Å². The smallest absolute Gasteiger partial charge is 0.303 e. The van der Waals surface area contributed by atoms with Crippen LogP contribution in [0.4, 0.5) is 0 Å². The lowest BCUT2D eigenvalue weighted by Crippen LogP contribution is -2.07. The predicted molar refractivity (Wildman–Crippen MR) is 94.9 cm³/mol. The van der Waals surface area contributed by atoms with Gasteiger partial charge in [-0.1, -0.05) is 53.2 Å². The van der Waals surface area contributed by atoms with Crippen molar-refractivity contribution in [3.8, 4) is 5.75 Å². The summed E-state index contributed by atoms with van der Waals surface area (Å²) in [6.45, 7) is 13.0. The van der Waals surface area contributed by atoms with Crippen LogP contribution in [0.15, 0.2) is 18.2 Å². The van der Waals surface area contributed by atoms with E-state index in [1.54, 1.807) is 0 Å². The molecule has 0 saturated heterocycles. The number of carbonyl (C=O) groups is 1. The molecule has 1 aromatic rings. The Morgan fingerprint density at radius 1 is 1.23 bits per heavy atom. The van der Waals surface area contributed by atoms with Gasteiger partial charge in [0, 0.05) is 6.42 Å². The first kappa shape index (κ1) is 22.8. The van der Waals surface area contributed by atoms with Gasteiger partial charge in [0.15, 0.2) is 0 Å². The first-order valence-corrected chi connectivity index (χ1v) is 8.57. The number of rotatable bonds is 3. The lowest BCUT2D eigenvalue weighted by molar-refractivity contribution is -0.137. The topological polar surface area (TPSA) is 46.5 Å². The zero-order valence-electron chi connectivity index (χ0n) is 15.2. The maximum Gasteiger partial charge on any atom is 0.303 e. The number of ether oxygens (including phenoxy) is 1. The molecule has 0 bridgehead atoms. The molecule has 1 N–H and O–H groups in total. The molecule has 0 atom stereocenters. The summed E-state index contributed by atoms with van der Waals surface area (Å²) in [6, 6.07) is 6.44. The van der Waals surface area contributed by atoms with Crippen molar-refractivity contribution in [1.29, 1.82) is 0 Å². The molecule has 2 rings (SSSR count). The van der Waals surface area contributed by atoms with Gasteiger partial charge in [0.05, 0.1) is 6.61 Å². The predicted octanol–water partition coefficient (Wildman–Crippen LogP) is 5.63. The van der Waals surface area contributed by atoms with E-state index in [-0.39, 0.29) is 0 Å². The maximum absolute atomic E-state index is 9.76. The third kappa shape index (κ3) is 11.2. The second kappa shape index (κ2) is 15.9. The largest absolute Gasteiger partial charge is 0.493 e. The van der Waals surface area contributed by atoms with E-state index in [1.165, 1.54) is 17.5 Å². The highest BCUT2D eigenvalue weighted by molar-refractivity contribution is 5.66. The normalized spacial score (nSPS) is 11.0. The molecule has 0 unspecified atom stereocenters. The van der Waals surface area contributed by atoms with Crippen LogP contribution in [0.5, 0.6) is 5.75 Å². The van der Waals surface area contributed by atoms with Gasteiger partial charge in [-0.3, -0.25) is 4.79 Å². The van der Waals surface area contributed by atoms with Crippen molar-refractivity contribution in [2.24, 2.45) is 0 Å². The molecule has 0 aromatic heterocycles. The SMILES string of the molecule is CC.CC.CCCCC(=O)O.Cc1ccc2c(c1)OCCC2. The number of fused-ring (bicyclic) bond motifs is 1. The van der Waals surface area contributed by atoms with Gasteiger partial charge in [0.25, 0.3) is 0 Å². The van der Waals surface area contributed by atoms with E-state index in [2.05, 4.69) is 25.1 Å². The summed E-state index contributed by atoms with van der Waals surface area (Å²) in [7, 11) is 0. The van der Waals surface area contributed by atoms with E-state index < -0.39 is 5.97 Å². The molecule has 128 valence electrons. The van der Waals surface area contributed by atoms with Gasteiger partial charge in [-0.25, -0.2) is 0 Å². The minimum Gasteiger partial charge on any atom is -0.493 e. The maximum atomic E-state index is 9.76. The first-order valence-electron chi connectivity index (χ1n) is 8.57. The van der Waals surface area contributed by atoms with E-state index in [4.69, 9.17) is 9.84 Å². The molecule has 0 spiro atoms. The Hall–Kier alpha value is -1.51. The van der Waals surface area contributed by atoms with Crippen molar-refractivity contribution in [3.05, 3.63) is 29.3 Å². The summed E-state index contributed by atoms with van der Waals surface area (Å²) in [5.74, 6) is 0.401. The summed E-state index contributed by atoms with van der Waals surface area (Å²) in [4.78, 5) is 9.76. The van der Waals surface area contributed by atoms with Crippen molar-refractivity contribution in [1.82, 2.24) is 0 Å². The molecule has 1 aromatic carbocycles. The van der Waals surface area contributed by atoms with E-state index in [0.29, 0.717) is 6.42 Å². The Kier molecular flexibility index (Phi) is 16.4.